The third-order valence-electron chi connectivity index (χ3n) is 5.32. The molecule has 16 heavy (non-hydrogen) atoms. The van der Waals surface area contributed by atoms with Crippen LogP contribution in [0.5, 0.6) is 0 Å². The van der Waals surface area contributed by atoms with Gasteiger partial charge in [-0.1, -0.05) is 19.3 Å². The maximum atomic E-state index is 3.46. The van der Waals surface area contributed by atoms with Crippen molar-refractivity contribution in [3.63, 3.8) is 0 Å². The zero-order valence-electron chi connectivity index (χ0n) is 10.5. The van der Waals surface area contributed by atoms with Crippen LogP contribution < -0.4 is 5.32 Å². The summed E-state index contributed by atoms with van der Waals surface area (Å²) in [6.07, 6.45) is 10.6. The average molecular weight is 222 g/mol. The maximum absolute atomic E-state index is 3.46. The third kappa shape index (κ3) is 2.02. The van der Waals surface area contributed by atoms with E-state index in [1.807, 2.05) is 0 Å². The molecule has 0 aromatic rings. The van der Waals surface area contributed by atoms with Crippen LogP contribution in [0.3, 0.4) is 0 Å². The monoisotopic (exact) mass is 222 g/mol. The van der Waals surface area contributed by atoms with Gasteiger partial charge in [-0.2, -0.15) is 0 Å². The van der Waals surface area contributed by atoms with Crippen LogP contribution in [0.4, 0.5) is 0 Å². The Balaban J connectivity index is 1.60. The Labute approximate surface area is 99.8 Å². The molecule has 0 unspecified atom stereocenters. The number of rotatable bonds is 3. The molecule has 1 N–H and O–H groups in total. The molecule has 0 aromatic heterocycles. The van der Waals surface area contributed by atoms with Crippen molar-refractivity contribution >= 4 is 0 Å². The maximum Gasteiger partial charge on any atom is 0.0108 e. The Morgan fingerprint density at radius 2 is 1.69 bits per heavy atom. The van der Waals surface area contributed by atoms with Gasteiger partial charge in [0, 0.05) is 32.7 Å². The van der Waals surface area contributed by atoms with E-state index < -0.39 is 0 Å². The van der Waals surface area contributed by atoms with Crippen molar-refractivity contribution in [1.29, 1.82) is 0 Å². The third-order valence-corrected chi connectivity index (χ3v) is 5.32. The smallest absolute Gasteiger partial charge is 0.0108 e. The van der Waals surface area contributed by atoms with Crippen molar-refractivity contribution in [1.82, 2.24) is 10.2 Å². The zero-order valence-corrected chi connectivity index (χ0v) is 10.5. The Kier molecular flexibility index (Phi) is 3.21. The molecular weight excluding hydrogens is 196 g/mol. The van der Waals surface area contributed by atoms with E-state index in [4.69, 9.17) is 0 Å². The van der Waals surface area contributed by atoms with Crippen LogP contribution in [0.2, 0.25) is 0 Å². The minimum absolute atomic E-state index is 0.758. The van der Waals surface area contributed by atoms with E-state index in [1.54, 1.807) is 0 Å². The Bertz CT molecular complexity index is 223. The topological polar surface area (TPSA) is 15.3 Å². The largest absolute Gasteiger partial charge is 0.314 e. The fourth-order valence-corrected chi connectivity index (χ4v) is 4.18. The van der Waals surface area contributed by atoms with E-state index in [0.29, 0.717) is 0 Å². The number of piperazine rings is 1. The zero-order chi connectivity index (χ0) is 10.8. The van der Waals surface area contributed by atoms with E-state index >= 15 is 0 Å². The molecule has 0 radical (unpaired) electrons. The highest BCUT2D eigenvalue weighted by molar-refractivity contribution is 4.97. The minimum atomic E-state index is 0.758. The summed E-state index contributed by atoms with van der Waals surface area (Å²) in [6, 6.07) is 0. The molecule has 0 atom stereocenters. The Morgan fingerprint density at radius 1 is 1.00 bits per heavy atom. The fraction of sp³-hybridized carbons (Fsp3) is 1.00. The molecular formula is C14H26N2. The van der Waals surface area contributed by atoms with Crippen LogP contribution >= 0.6 is 0 Å². The van der Waals surface area contributed by atoms with Gasteiger partial charge in [0.05, 0.1) is 0 Å². The molecule has 1 heterocycles. The van der Waals surface area contributed by atoms with Gasteiger partial charge in [0.25, 0.3) is 0 Å². The van der Waals surface area contributed by atoms with Crippen molar-refractivity contribution in [2.75, 3.05) is 32.7 Å². The van der Waals surface area contributed by atoms with Crippen molar-refractivity contribution in [2.45, 2.75) is 44.9 Å². The summed E-state index contributed by atoms with van der Waals surface area (Å²) in [7, 11) is 0. The normalized spacial score (nSPS) is 31.5. The van der Waals surface area contributed by atoms with Crippen LogP contribution in [0, 0.1) is 11.3 Å². The van der Waals surface area contributed by atoms with Crippen LogP contribution in [0.25, 0.3) is 0 Å². The van der Waals surface area contributed by atoms with Gasteiger partial charge in [-0.15, -0.1) is 0 Å². The predicted octanol–water partition coefficient (Wildman–Crippen LogP) is 2.25. The van der Waals surface area contributed by atoms with Gasteiger partial charge >= 0.3 is 0 Å². The molecule has 0 bridgehead atoms. The molecule has 1 aliphatic heterocycles. The first-order valence-electron chi connectivity index (χ1n) is 7.32. The lowest BCUT2D eigenvalue weighted by Gasteiger charge is -2.50. The van der Waals surface area contributed by atoms with E-state index in [9.17, 15) is 0 Å². The van der Waals surface area contributed by atoms with Gasteiger partial charge < -0.3 is 10.2 Å². The predicted molar refractivity (Wildman–Crippen MR) is 67.6 cm³/mol. The molecule has 1 saturated heterocycles. The summed E-state index contributed by atoms with van der Waals surface area (Å²) in [5.74, 6) is 1.08. The highest BCUT2D eigenvalue weighted by Crippen LogP contribution is 2.53. The average Bonchev–Trinajstić information content (AvgIpc) is 2.78. The first kappa shape index (κ1) is 11.0. The summed E-state index contributed by atoms with van der Waals surface area (Å²) in [5, 5.41) is 3.46. The standard InChI is InChI=1S/C14H26N2/c1-2-5-13(4-1)14(6-3-7-14)12-16-10-8-15-9-11-16/h13,15H,1-12H2. The Hall–Kier alpha value is -0.0800. The summed E-state index contributed by atoms with van der Waals surface area (Å²) in [6.45, 7) is 6.41. The van der Waals surface area contributed by atoms with Gasteiger partial charge in [-0.25, -0.2) is 0 Å². The minimum Gasteiger partial charge on any atom is -0.314 e. The lowest BCUT2D eigenvalue weighted by molar-refractivity contribution is 0.00465. The molecule has 0 spiro atoms. The van der Waals surface area contributed by atoms with Crippen molar-refractivity contribution in [3.05, 3.63) is 0 Å². The number of nitrogens with zero attached hydrogens (tertiary/aromatic N) is 1. The second kappa shape index (κ2) is 4.66. The van der Waals surface area contributed by atoms with E-state index in [1.165, 1.54) is 77.7 Å². The first-order chi connectivity index (χ1) is 7.89. The van der Waals surface area contributed by atoms with Crippen LogP contribution in [-0.4, -0.2) is 37.6 Å². The fourth-order valence-electron chi connectivity index (χ4n) is 4.18. The molecule has 0 aromatic carbocycles. The summed E-state index contributed by atoms with van der Waals surface area (Å²) in [4.78, 5) is 2.73. The van der Waals surface area contributed by atoms with E-state index in [0.717, 1.165) is 11.3 Å². The quantitative estimate of drug-likeness (QED) is 0.788. The number of nitrogens with one attached hydrogen (secondary N) is 1. The van der Waals surface area contributed by atoms with Gasteiger partial charge in [-0.3, -0.25) is 0 Å². The highest BCUT2D eigenvalue weighted by atomic mass is 15.2. The molecule has 92 valence electrons. The van der Waals surface area contributed by atoms with E-state index in [-0.39, 0.29) is 0 Å². The summed E-state index contributed by atoms with van der Waals surface area (Å²) >= 11 is 0. The molecule has 2 heteroatoms. The lowest BCUT2D eigenvalue weighted by atomic mass is 9.60. The number of hydrogen-bond donors (Lipinski definition) is 1. The summed E-state index contributed by atoms with van der Waals surface area (Å²) in [5.41, 5.74) is 0.758. The highest BCUT2D eigenvalue weighted by Gasteiger charge is 2.45. The molecule has 0 amide bonds. The Morgan fingerprint density at radius 3 is 2.25 bits per heavy atom. The van der Waals surface area contributed by atoms with Crippen LogP contribution in [0.1, 0.15) is 44.9 Å². The molecule has 2 nitrogen and oxygen atoms in total. The van der Waals surface area contributed by atoms with Crippen LogP contribution in [-0.2, 0) is 0 Å². The summed E-state index contributed by atoms with van der Waals surface area (Å²) < 4.78 is 0. The second-order valence-electron chi connectivity index (χ2n) is 6.22. The SMILES string of the molecule is C1CCC(C2(CN3CCNCC3)CCC2)C1. The van der Waals surface area contributed by atoms with Crippen molar-refractivity contribution in [3.8, 4) is 0 Å². The number of hydrogen-bond acceptors (Lipinski definition) is 2. The first-order valence-corrected chi connectivity index (χ1v) is 7.32. The molecule has 2 aliphatic carbocycles. The molecule has 3 rings (SSSR count). The van der Waals surface area contributed by atoms with Gasteiger partial charge in [0.15, 0.2) is 0 Å². The van der Waals surface area contributed by atoms with Crippen molar-refractivity contribution < 1.29 is 0 Å². The van der Waals surface area contributed by atoms with Gasteiger partial charge in [-0.05, 0) is 37.0 Å². The molecule has 2 saturated carbocycles. The lowest BCUT2D eigenvalue weighted by Crippen LogP contribution is -2.52. The second-order valence-corrected chi connectivity index (χ2v) is 6.22. The molecule has 3 fully saturated rings. The molecule has 3 aliphatic rings. The van der Waals surface area contributed by atoms with Gasteiger partial charge in [0.1, 0.15) is 0 Å². The van der Waals surface area contributed by atoms with Crippen molar-refractivity contribution in [2.24, 2.45) is 11.3 Å². The van der Waals surface area contributed by atoms with Gasteiger partial charge in [0.2, 0.25) is 0 Å². The van der Waals surface area contributed by atoms with Crippen LogP contribution in [0.15, 0.2) is 0 Å². The van der Waals surface area contributed by atoms with E-state index in [2.05, 4.69) is 10.2 Å².